The number of hydrogen-bond donors (Lipinski definition) is 1. The lowest BCUT2D eigenvalue weighted by Crippen LogP contribution is -2.45. The molecular formula is C24H37N3O4. The van der Waals surface area contributed by atoms with Crippen molar-refractivity contribution in [2.24, 2.45) is 5.92 Å². The molecule has 2 aliphatic rings. The van der Waals surface area contributed by atoms with Crippen LogP contribution >= 0.6 is 0 Å². The highest BCUT2D eigenvalue weighted by atomic mass is 16.5. The number of nitrogens with zero attached hydrogens (tertiary/aromatic N) is 2. The Morgan fingerprint density at radius 1 is 0.968 bits per heavy atom. The lowest BCUT2D eigenvalue weighted by molar-refractivity contribution is -0.134. The summed E-state index contributed by atoms with van der Waals surface area (Å²) in [6, 6.07) is 5.34. The minimum Gasteiger partial charge on any atom is -0.497 e. The number of hydrogen-bond acceptors (Lipinski definition) is 5. The van der Waals surface area contributed by atoms with Crippen LogP contribution in [-0.2, 0) is 9.59 Å². The zero-order valence-corrected chi connectivity index (χ0v) is 19.0. The van der Waals surface area contributed by atoms with Crippen LogP contribution in [0.3, 0.4) is 0 Å². The molecule has 0 aromatic heterocycles. The summed E-state index contributed by atoms with van der Waals surface area (Å²) in [5.74, 6) is 1.89. The number of ether oxygens (including phenoxy) is 2. The van der Waals surface area contributed by atoms with Crippen molar-refractivity contribution >= 4 is 17.5 Å². The van der Waals surface area contributed by atoms with E-state index < -0.39 is 0 Å². The second kappa shape index (κ2) is 11.9. The summed E-state index contributed by atoms with van der Waals surface area (Å²) >= 11 is 0. The van der Waals surface area contributed by atoms with Crippen LogP contribution in [0, 0.1) is 5.92 Å². The Bertz CT molecular complexity index is 709. The number of carbonyl (C=O) groups is 2. The summed E-state index contributed by atoms with van der Waals surface area (Å²) in [5.41, 5.74) is 0.666. The standard InChI is InChI=1S/C24H37N3O4/c1-30-21-14-20(15-22(16-21)31-2)25-23(28)10-9-19-8-7-13-27(17-19)24(29)18-26-11-5-3-4-6-12-26/h14-16,19H,3-13,17-18H2,1-2H3,(H,25,28)/t19-/m1/s1. The van der Waals surface area contributed by atoms with Crippen molar-refractivity contribution in [1.29, 1.82) is 0 Å². The molecule has 172 valence electrons. The number of benzene rings is 1. The van der Waals surface area contributed by atoms with Crippen LogP contribution in [0.15, 0.2) is 18.2 Å². The van der Waals surface area contributed by atoms with Gasteiger partial charge in [-0.15, -0.1) is 0 Å². The van der Waals surface area contributed by atoms with Crippen molar-refractivity contribution in [1.82, 2.24) is 9.80 Å². The van der Waals surface area contributed by atoms with Gasteiger partial charge >= 0.3 is 0 Å². The minimum absolute atomic E-state index is 0.0247. The van der Waals surface area contributed by atoms with Crippen LogP contribution in [0.4, 0.5) is 5.69 Å². The molecule has 2 heterocycles. The van der Waals surface area contributed by atoms with Crippen LogP contribution in [0.1, 0.15) is 51.4 Å². The fraction of sp³-hybridized carbons (Fsp3) is 0.667. The van der Waals surface area contributed by atoms with E-state index in [2.05, 4.69) is 10.2 Å². The van der Waals surface area contributed by atoms with E-state index in [1.807, 2.05) is 4.90 Å². The van der Waals surface area contributed by atoms with Crippen molar-refractivity contribution in [3.63, 3.8) is 0 Å². The highest BCUT2D eigenvalue weighted by Crippen LogP contribution is 2.26. The topological polar surface area (TPSA) is 71.1 Å². The van der Waals surface area contributed by atoms with E-state index in [0.29, 0.717) is 36.1 Å². The first kappa shape index (κ1) is 23.4. The third-order valence-corrected chi connectivity index (χ3v) is 6.34. The molecule has 2 saturated heterocycles. The van der Waals surface area contributed by atoms with Crippen molar-refractivity contribution < 1.29 is 19.1 Å². The summed E-state index contributed by atoms with van der Waals surface area (Å²) in [6.07, 6.45) is 8.29. The van der Waals surface area contributed by atoms with Crippen molar-refractivity contribution in [2.45, 2.75) is 51.4 Å². The molecule has 2 fully saturated rings. The first-order valence-electron chi connectivity index (χ1n) is 11.6. The SMILES string of the molecule is COc1cc(NC(=O)CC[C@H]2CCCN(C(=O)CN3CCCCCC3)C2)cc(OC)c1. The van der Waals surface area contributed by atoms with Gasteiger partial charge in [0.15, 0.2) is 0 Å². The van der Waals surface area contributed by atoms with Gasteiger partial charge in [-0.05, 0) is 51.1 Å². The Hall–Kier alpha value is -2.28. The van der Waals surface area contributed by atoms with Gasteiger partial charge < -0.3 is 19.7 Å². The predicted octanol–water partition coefficient (Wildman–Crippen LogP) is 3.54. The number of methoxy groups -OCH3 is 2. The van der Waals surface area contributed by atoms with E-state index in [1.54, 1.807) is 32.4 Å². The number of likely N-dealkylation sites (tertiary alicyclic amines) is 2. The molecule has 3 rings (SSSR count). The lowest BCUT2D eigenvalue weighted by Gasteiger charge is -2.34. The van der Waals surface area contributed by atoms with Gasteiger partial charge in [-0.1, -0.05) is 12.8 Å². The maximum absolute atomic E-state index is 12.8. The number of rotatable bonds is 8. The van der Waals surface area contributed by atoms with Gasteiger partial charge in [0.05, 0.1) is 20.8 Å². The van der Waals surface area contributed by atoms with Gasteiger partial charge in [0.2, 0.25) is 11.8 Å². The molecule has 7 heteroatoms. The van der Waals surface area contributed by atoms with E-state index >= 15 is 0 Å². The van der Waals surface area contributed by atoms with Gasteiger partial charge in [-0.25, -0.2) is 0 Å². The van der Waals surface area contributed by atoms with Crippen LogP contribution in [0.5, 0.6) is 11.5 Å². The molecule has 2 amide bonds. The van der Waals surface area contributed by atoms with Gasteiger partial charge in [0.25, 0.3) is 0 Å². The molecule has 0 radical (unpaired) electrons. The fourth-order valence-electron chi connectivity index (χ4n) is 4.55. The Balaban J connectivity index is 1.44. The monoisotopic (exact) mass is 431 g/mol. The smallest absolute Gasteiger partial charge is 0.236 e. The lowest BCUT2D eigenvalue weighted by atomic mass is 9.93. The number of piperidine rings is 1. The molecule has 0 unspecified atom stereocenters. The second-order valence-electron chi connectivity index (χ2n) is 8.73. The highest BCUT2D eigenvalue weighted by Gasteiger charge is 2.25. The van der Waals surface area contributed by atoms with E-state index in [-0.39, 0.29) is 11.8 Å². The average Bonchev–Trinajstić information content (AvgIpc) is 3.06. The number of nitrogens with one attached hydrogen (secondary N) is 1. The largest absolute Gasteiger partial charge is 0.497 e. The summed E-state index contributed by atoms with van der Waals surface area (Å²) in [4.78, 5) is 29.6. The fourth-order valence-corrected chi connectivity index (χ4v) is 4.55. The second-order valence-corrected chi connectivity index (χ2v) is 8.73. The summed E-state index contributed by atoms with van der Waals surface area (Å²) in [7, 11) is 3.17. The summed E-state index contributed by atoms with van der Waals surface area (Å²) in [6.45, 7) is 4.24. The summed E-state index contributed by atoms with van der Waals surface area (Å²) in [5, 5.41) is 2.94. The molecule has 0 saturated carbocycles. The van der Waals surface area contributed by atoms with Crippen molar-refractivity contribution in [3.05, 3.63) is 18.2 Å². The van der Waals surface area contributed by atoms with Crippen molar-refractivity contribution in [2.75, 3.05) is 52.3 Å². The number of anilines is 1. The van der Waals surface area contributed by atoms with Crippen LogP contribution in [0.25, 0.3) is 0 Å². The zero-order valence-electron chi connectivity index (χ0n) is 19.0. The van der Waals surface area contributed by atoms with Gasteiger partial charge in [0.1, 0.15) is 11.5 Å². The Morgan fingerprint density at radius 3 is 2.29 bits per heavy atom. The van der Waals surface area contributed by atoms with E-state index in [1.165, 1.54) is 25.7 Å². The Morgan fingerprint density at radius 2 is 1.65 bits per heavy atom. The highest BCUT2D eigenvalue weighted by molar-refractivity contribution is 5.91. The molecule has 1 atom stereocenters. The molecule has 0 spiro atoms. The molecular weight excluding hydrogens is 394 g/mol. The molecule has 0 aliphatic carbocycles. The molecule has 1 N–H and O–H groups in total. The molecule has 0 bridgehead atoms. The molecule has 1 aromatic rings. The quantitative estimate of drug-likeness (QED) is 0.682. The number of carbonyl (C=O) groups excluding carboxylic acids is 2. The molecule has 2 aliphatic heterocycles. The first-order chi connectivity index (χ1) is 15.1. The van der Waals surface area contributed by atoms with Crippen molar-refractivity contribution in [3.8, 4) is 11.5 Å². The Kier molecular flexibility index (Phi) is 9.00. The third kappa shape index (κ3) is 7.42. The normalized spacial score (nSPS) is 20.1. The molecule has 31 heavy (non-hydrogen) atoms. The minimum atomic E-state index is -0.0247. The van der Waals surface area contributed by atoms with Crippen LogP contribution in [-0.4, -0.2) is 68.6 Å². The van der Waals surface area contributed by atoms with E-state index in [4.69, 9.17) is 9.47 Å². The molecule has 7 nitrogen and oxygen atoms in total. The third-order valence-electron chi connectivity index (χ3n) is 6.34. The van der Waals surface area contributed by atoms with Gasteiger partial charge in [0, 0.05) is 43.4 Å². The molecule has 1 aromatic carbocycles. The zero-order chi connectivity index (χ0) is 22.1. The Labute approximate surface area is 186 Å². The van der Waals surface area contributed by atoms with Crippen LogP contribution in [0.2, 0.25) is 0 Å². The maximum Gasteiger partial charge on any atom is 0.236 e. The first-order valence-corrected chi connectivity index (χ1v) is 11.6. The maximum atomic E-state index is 12.8. The number of amides is 2. The van der Waals surface area contributed by atoms with Crippen LogP contribution < -0.4 is 14.8 Å². The predicted molar refractivity (Wildman–Crippen MR) is 122 cm³/mol. The van der Waals surface area contributed by atoms with Gasteiger partial charge in [-0.2, -0.15) is 0 Å². The average molecular weight is 432 g/mol. The van der Waals surface area contributed by atoms with Gasteiger partial charge in [-0.3, -0.25) is 14.5 Å². The summed E-state index contributed by atoms with van der Waals surface area (Å²) < 4.78 is 10.5. The van der Waals surface area contributed by atoms with E-state index in [0.717, 1.165) is 45.4 Å². The van der Waals surface area contributed by atoms with E-state index in [9.17, 15) is 9.59 Å².